The van der Waals surface area contributed by atoms with Crippen molar-refractivity contribution in [3.8, 4) is 0 Å². The number of rotatable bonds is 5. The first-order valence-electron chi connectivity index (χ1n) is 5.91. The molecule has 0 spiro atoms. The Balaban J connectivity index is 1.63. The molecule has 0 aliphatic heterocycles. The maximum Gasteiger partial charge on any atom is 0.279 e. The molecular formula is C13H14N2O2S2. The summed E-state index contributed by atoms with van der Waals surface area (Å²) in [5, 5.41) is 3.84. The van der Waals surface area contributed by atoms with E-state index in [4.69, 9.17) is 0 Å². The Labute approximate surface area is 119 Å². The van der Waals surface area contributed by atoms with E-state index in [9.17, 15) is 9.59 Å². The molecule has 0 aliphatic carbocycles. The van der Waals surface area contributed by atoms with Gasteiger partial charge < -0.3 is 0 Å². The quantitative estimate of drug-likeness (QED) is 0.833. The van der Waals surface area contributed by atoms with E-state index in [1.807, 2.05) is 16.8 Å². The lowest BCUT2D eigenvalue weighted by Gasteiger charge is -2.05. The third-order valence-electron chi connectivity index (χ3n) is 2.47. The molecule has 2 amide bonds. The first-order chi connectivity index (χ1) is 9.25. The monoisotopic (exact) mass is 294 g/mol. The third-order valence-corrected chi connectivity index (χ3v) is 4.27. The molecule has 2 heterocycles. The molecule has 100 valence electrons. The van der Waals surface area contributed by atoms with E-state index in [0.717, 1.165) is 12.8 Å². The van der Waals surface area contributed by atoms with Gasteiger partial charge in [-0.05, 0) is 35.7 Å². The summed E-state index contributed by atoms with van der Waals surface area (Å²) in [4.78, 5) is 24.9. The first kappa shape index (κ1) is 13.8. The molecule has 2 aromatic rings. The van der Waals surface area contributed by atoms with E-state index in [1.54, 1.807) is 23.5 Å². The number of nitrogens with one attached hydrogen (secondary N) is 2. The van der Waals surface area contributed by atoms with Crippen molar-refractivity contribution in [3.63, 3.8) is 0 Å². The van der Waals surface area contributed by atoms with Crippen molar-refractivity contribution in [2.75, 3.05) is 0 Å². The van der Waals surface area contributed by atoms with Gasteiger partial charge in [0.05, 0.1) is 4.88 Å². The van der Waals surface area contributed by atoms with Gasteiger partial charge in [0.15, 0.2) is 0 Å². The summed E-state index contributed by atoms with van der Waals surface area (Å²) in [5.41, 5.74) is 4.83. The van der Waals surface area contributed by atoms with Gasteiger partial charge in [0.25, 0.3) is 5.91 Å². The first-order valence-corrected chi connectivity index (χ1v) is 7.66. The molecule has 2 rings (SSSR count). The van der Waals surface area contributed by atoms with Crippen molar-refractivity contribution in [2.24, 2.45) is 0 Å². The Bertz CT molecular complexity index is 521. The summed E-state index contributed by atoms with van der Waals surface area (Å²) >= 11 is 3.03. The van der Waals surface area contributed by atoms with E-state index >= 15 is 0 Å². The minimum atomic E-state index is -0.276. The van der Waals surface area contributed by atoms with Crippen LogP contribution < -0.4 is 10.9 Å². The van der Waals surface area contributed by atoms with Crippen LogP contribution >= 0.6 is 22.7 Å². The van der Waals surface area contributed by atoms with Crippen LogP contribution in [-0.4, -0.2) is 11.8 Å². The fourth-order valence-corrected chi connectivity index (χ4v) is 2.91. The Kier molecular flexibility index (Phi) is 5.11. The Morgan fingerprint density at radius 2 is 1.84 bits per heavy atom. The highest BCUT2D eigenvalue weighted by Gasteiger charge is 2.07. The minimum absolute atomic E-state index is 0.165. The number of carbonyl (C=O) groups excluding carboxylic acids is 2. The molecule has 0 radical (unpaired) electrons. The van der Waals surface area contributed by atoms with Gasteiger partial charge >= 0.3 is 0 Å². The van der Waals surface area contributed by atoms with E-state index in [-0.39, 0.29) is 11.8 Å². The summed E-state index contributed by atoms with van der Waals surface area (Å²) in [5.74, 6) is -0.442. The van der Waals surface area contributed by atoms with Crippen LogP contribution in [0.1, 0.15) is 27.4 Å². The zero-order valence-electron chi connectivity index (χ0n) is 10.2. The molecule has 0 aliphatic rings. The van der Waals surface area contributed by atoms with E-state index < -0.39 is 0 Å². The zero-order chi connectivity index (χ0) is 13.5. The van der Waals surface area contributed by atoms with Crippen LogP contribution in [0.2, 0.25) is 0 Å². The number of carbonyl (C=O) groups is 2. The molecular weight excluding hydrogens is 280 g/mol. The number of aryl methyl sites for hydroxylation is 1. The summed E-state index contributed by atoms with van der Waals surface area (Å²) in [6.45, 7) is 0. The van der Waals surface area contributed by atoms with Crippen molar-refractivity contribution in [2.45, 2.75) is 19.3 Å². The van der Waals surface area contributed by atoms with Crippen molar-refractivity contribution < 1.29 is 9.59 Å². The number of thiophene rings is 2. The predicted molar refractivity (Wildman–Crippen MR) is 77.2 cm³/mol. The molecule has 0 bridgehead atoms. The second-order valence-electron chi connectivity index (χ2n) is 3.91. The lowest BCUT2D eigenvalue weighted by atomic mass is 10.2. The minimum Gasteiger partial charge on any atom is -0.273 e. The normalized spacial score (nSPS) is 10.1. The van der Waals surface area contributed by atoms with Crippen LogP contribution in [0.15, 0.2) is 35.0 Å². The van der Waals surface area contributed by atoms with Crippen LogP contribution in [0.5, 0.6) is 0 Å². The van der Waals surface area contributed by atoms with Crippen LogP contribution in [0, 0.1) is 0 Å². The average molecular weight is 294 g/mol. The molecule has 0 saturated carbocycles. The van der Waals surface area contributed by atoms with Gasteiger partial charge in [-0.25, -0.2) is 0 Å². The van der Waals surface area contributed by atoms with Gasteiger partial charge in [-0.1, -0.05) is 12.1 Å². The van der Waals surface area contributed by atoms with Gasteiger partial charge in [-0.2, -0.15) is 0 Å². The van der Waals surface area contributed by atoms with E-state index in [1.165, 1.54) is 16.2 Å². The fourth-order valence-electron chi connectivity index (χ4n) is 1.54. The Morgan fingerprint density at radius 1 is 1.05 bits per heavy atom. The molecule has 6 heteroatoms. The van der Waals surface area contributed by atoms with Gasteiger partial charge in [-0.15, -0.1) is 22.7 Å². The third kappa shape index (κ3) is 4.50. The van der Waals surface area contributed by atoms with Crippen molar-refractivity contribution in [3.05, 3.63) is 44.8 Å². The highest BCUT2D eigenvalue weighted by molar-refractivity contribution is 7.12. The van der Waals surface area contributed by atoms with Crippen molar-refractivity contribution >= 4 is 34.5 Å². The van der Waals surface area contributed by atoms with E-state index in [0.29, 0.717) is 11.3 Å². The molecule has 0 unspecified atom stereocenters. The van der Waals surface area contributed by atoms with Crippen LogP contribution in [0.3, 0.4) is 0 Å². The molecule has 0 aromatic carbocycles. The van der Waals surface area contributed by atoms with Gasteiger partial charge in [0.2, 0.25) is 5.91 Å². The Morgan fingerprint density at radius 3 is 2.53 bits per heavy atom. The SMILES string of the molecule is O=C(CCCc1cccs1)NNC(=O)c1cccs1. The number of hydrazine groups is 1. The molecule has 0 atom stereocenters. The largest absolute Gasteiger partial charge is 0.279 e. The highest BCUT2D eigenvalue weighted by Crippen LogP contribution is 2.11. The summed E-state index contributed by atoms with van der Waals surface area (Å²) < 4.78 is 0. The Hall–Kier alpha value is -1.66. The predicted octanol–water partition coefficient (Wildman–Crippen LogP) is 2.59. The molecule has 4 nitrogen and oxygen atoms in total. The number of hydrogen-bond donors (Lipinski definition) is 2. The van der Waals surface area contributed by atoms with Crippen molar-refractivity contribution in [1.29, 1.82) is 0 Å². The highest BCUT2D eigenvalue weighted by atomic mass is 32.1. The second-order valence-corrected chi connectivity index (χ2v) is 5.89. The molecule has 19 heavy (non-hydrogen) atoms. The number of hydrogen-bond acceptors (Lipinski definition) is 4. The second kappa shape index (κ2) is 7.06. The van der Waals surface area contributed by atoms with Gasteiger partial charge in [0.1, 0.15) is 0 Å². The lowest BCUT2D eigenvalue weighted by Crippen LogP contribution is -2.41. The maximum absolute atomic E-state index is 11.6. The number of amides is 2. The lowest BCUT2D eigenvalue weighted by molar-refractivity contribution is -0.121. The van der Waals surface area contributed by atoms with E-state index in [2.05, 4.69) is 16.9 Å². The summed E-state index contributed by atoms with van der Waals surface area (Å²) in [6, 6.07) is 7.56. The summed E-state index contributed by atoms with van der Waals surface area (Å²) in [6.07, 6.45) is 2.08. The van der Waals surface area contributed by atoms with Crippen molar-refractivity contribution in [1.82, 2.24) is 10.9 Å². The molecule has 0 saturated heterocycles. The zero-order valence-corrected chi connectivity index (χ0v) is 11.9. The molecule has 2 aromatic heterocycles. The fraction of sp³-hybridized carbons (Fsp3) is 0.231. The van der Waals surface area contributed by atoms with Crippen LogP contribution in [-0.2, 0) is 11.2 Å². The van der Waals surface area contributed by atoms with Crippen LogP contribution in [0.4, 0.5) is 0 Å². The van der Waals surface area contributed by atoms with Crippen LogP contribution in [0.25, 0.3) is 0 Å². The summed E-state index contributed by atoms with van der Waals surface area (Å²) in [7, 11) is 0. The maximum atomic E-state index is 11.6. The standard InChI is InChI=1S/C13H14N2O2S2/c16-12(7-1-4-10-5-2-8-18-10)14-15-13(17)11-6-3-9-19-11/h2-3,5-6,8-9H,1,4,7H2,(H,14,16)(H,15,17). The topological polar surface area (TPSA) is 58.2 Å². The van der Waals surface area contributed by atoms with Gasteiger partial charge in [0, 0.05) is 11.3 Å². The molecule has 2 N–H and O–H groups in total. The molecule has 0 fully saturated rings. The average Bonchev–Trinajstić information content (AvgIpc) is 3.08. The van der Waals surface area contributed by atoms with Gasteiger partial charge in [-0.3, -0.25) is 20.4 Å². The smallest absolute Gasteiger partial charge is 0.273 e.